The van der Waals surface area contributed by atoms with E-state index in [9.17, 15) is 5.11 Å². The van der Waals surface area contributed by atoms with E-state index in [-0.39, 0.29) is 18.1 Å². The fourth-order valence-corrected chi connectivity index (χ4v) is 3.40. The Kier molecular flexibility index (Phi) is 3.99. The van der Waals surface area contributed by atoms with Crippen molar-refractivity contribution in [3.05, 3.63) is 54.0 Å². The van der Waals surface area contributed by atoms with Crippen molar-refractivity contribution in [1.29, 1.82) is 5.41 Å². The van der Waals surface area contributed by atoms with Gasteiger partial charge in [-0.15, -0.1) is 0 Å². The Bertz CT molecular complexity index is 1080. The van der Waals surface area contributed by atoms with E-state index < -0.39 is 0 Å². The Labute approximate surface area is 156 Å². The van der Waals surface area contributed by atoms with E-state index >= 15 is 0 Å². The van der Waals surface area contributed by atoms with Crippen molar-refractivity contribution in [2.75, 3.05) is 25.7 Å². The van der Waals surface area contributed by atoms with Crippen LogP contribution in [0.4, 0.5) is 5.69 Å². The molecule has 2 aromatic carbocycles. The monoisotopic (exact) mass is 364 g/mol. The van der Waals surface area contributed by atoms with Crippen LogP contribution in [0.1, 0.15) is 5.82 Å². The van der Waals surface area contributed by atoms with Crippen LogP contribution in [0.25, 0.3) is 16.6 Å². The molecule has 0 saturated heterocycles. The van der Waals surface area contributed by atoms with Crippen molar-refractivity contribution < 1.29 is 14.6 Å². The summed E-state index contributed by atoms with van der Waals surface area (Å²) >= 11 is 0. The van der Waals surface area contributed by atoms with Gasteiger partial charge in [-0.2, -0.15) is 0 Å². The molecule has 0 radical (unpaired) electrons. The van der Waals surface area contributed by atoms with Gasteiger partial charge in [-0.1, -0.05) is 12.1 Å². The molecule has 0 aliphatic carbocycles. The Morgan fingerprint density at radius 3 is 2.59 bits per heavy atom. The Morgan fingerprint density at radius 2 is 1.89 bits per heavy atom. The summed E-state index contributed by atoms with van der Waals surface area (Å²) in [6.45, 7) is 0.168. The van der Waals surface area contributed by atoms with Gasteiger partial charge in [-0.05, 0) is 24.3 Å². The first kappa shape index (κ1) is 17.0. The van der Waals surface area contributed by atoms with E-state index in [1.54, 1.807) is 37.3 Å². The average Bonchev–Trinajstić information content (AvgIpc) is 3.17. The minimum atomic E-state index is 0.100. The third-order valence-corrected chi connectivity index (χ3v) is 4.79. The minimum Gasteiger partial charge on any atom is -0.509 e. The second kappa shape index (κ2) is 6.35. The number of para-hydroxylation sites is 2. The summed E-state index contributed by atoms with van der Waals surface area (Å²) in [4.78, 5) is 6.31. The summed E-state index contributed by atoms with van der Waals surface area (Å²) in [6, 6.07) is 13.1. The van der Waals surface area contributed by atoms with Crippen molar-refractivity contribution in [3.8, 4) is 11.5 Å². The van der Waals surface area contributed by atoms with E-state index in [1.807, 2.05) is 35.9 Å². The van der Waals surface area contributed by atoms with Crippen LogP contribution < -0.4 is 14.4 Å². The normalized spacial score (nSPS) is 14.3. The zero-order valence-corrected chi connectivity index (χ0v) is 15.4. The molecule has 1 aromatic heterocycles. The number of aryl methyl sites for hydroxylation is 1. The lowest BCUT2D eigenvalue weighted by Crippen LogP contribution is -2.27. The summed E-state index contributed by atoms with van der Waals surface area (Å²) in [6.07, 6.45) is 0. The number of rotatable bonds is 4. The van der Waals surface area contributed by atoms with Gasteiger partial charge in [-0.25, -0.2) is 4.98 Å². The molecule has 27 heavy (non-hydrogen) atoms. The molecule has 0 amide bonds. The molecular weight excluding hydrogens is 344 g/mol. The van der Waals surface area contributed by atoms with E-state index in [0.717, 1.165) is 11.0 Å². The van der Waals surface area contributed by atoms with Gasteiger partial charge < -0.3 is 24.0 Å². The zero-order valence-electron chi connectivity index (χ0n) is 15.4. The van der Waals surface area contributed by atoms with Gasteiger partial charge >= 0.3 is 0 Å². The fraction of sp³-hybridized carbons (Fsp3) is 0.200. The number of fused-ring (bicyclic) bond motifs is 1. The standard InChI is InChI=1S/C20H20N4O3/c1-23-14-7-5-4-6-13(14)22-20(23)18-16(25)11-24(19(18)21)15-10-12(26-2)8-9-17(15)27-3/h4-10,21,25H,11H2,1-3H3. The second-order valence-electron chi connectivity index (χ2n) is 6.28. The lowest BCUT2D eigenvalue weighted by molar-refractivity contribution is 0.400. The number of nitrogens with zero attached hydrogens (tertiary/aromatic N) is 3. The topological polar surface area (TPSA) is 83.6 Å². The fourth-order valence-electron chi connectivity index (χ4n) is 3.40. The molecule has 0 fully saturated rings. The molecular formula is C20H20N4O3. The van der Waals surface area contributed by atoms with E-state index in [4.69, 9.17) is 14.9 Å². The van der Waals surface area contributed by atoms with Gasteiger partial charge in [-0.3, -0.25) is 5.41 Å². The van der Waals surface area contributed by atoms with Crippen molar-refractivity contribution in [3.63, 3.8) is 0 Å². The summed E-state index contributed by atoms with van der Waals surface area (Å²) in [5.41, 5.74) is 2.83. The molecule has 7 nitrogen and oxygen atoms in total. The van der Waals surface area contributed by atoms with Gasteiger partial charge in [0.1, 0.15) is 28.9 Å². The molecule has 138 valence electrons. The lowest BCUT2D eigenvalue weighted by atomic mass is 10.2. The maximum Gasteiger partial charge on any atom is 0.148 e. The summed E-state index contributed by atoms with van der Waals surface area (Å²) in [7, 11) is 5.04. The molecule has 7 heteroatoms. The predicted molar refractivity (Wildman–Crippen MR) is 105 cm³/mol. The summed E-state index contributed by atoms with van der Waals surface area (Å²) in [5.74, 6) is 2.07. The number of hydrogen-bond acceptors (Lipinski definition) is 5. The molecule has 2 N–H and O–H groups in total. The van der Waals surface area contributed by atoms with Crippen molar-refractivity contribution in [2.24, 2.45) is 7.05 Å². The molecule has 3 aromatic rings. The number of benzene rings is 2. The van der Waals surface area contributed by atoms with Gasteiger partial charge in [0.15, 0.2) is 0 Å². The average molecular weight is 364 g/mol. The lowest BCUT2D eigenvalue weighted by Gasteiger charge is -2.22. The first-order valence-corrected chi connectivity index (χ1v) is 8.47. The minimum absolute atomic E-state index is 0.100. The molecule has 0 bridgehead atoms. The van der Waals surface area contributed by atoms with Crippen molar-refractivity contribution in [2.45, 2.75) is 0 Å². The van der Waals surface area contributed by atoms with Crippen LogP contribution in [0.5, 0.6) is 11.5 Å². The van der Waals surface area contributed by atoms with E-state index in [1.165, 1.54) is 0 Å². The maximum atomic E-state index is 10.7. The Hall–Kier alpha value is -3.48. The van der Waals surface area contributed by atoms with Crippen LogP contribution in [0.2, 0.25) is 0 Å². The first-order chi connectivity index (χ1) is 13.0. The highest BCUT2D eigenvalue weighted by molar-refractivity contribution is 6.30. The molecule has 2 heterocycles. The van der Waals surface area contributed by atoms with Gasteiger partial charge in [0, 0.05) is 13.1 Å². The number of aliphatic hydroxyl groups excluding tert-OH is 1. The van der Waals surface area contributed by atoms with E-state index in [2.05, 4.69) is 4.98 Å². The zero-order chi connectivity index (χ0) is 19.1. The van der Waals surface area contributed by atoms with Crippen molar-refractivity contribution in [1.82, 2.24) is 9.55 Å². The van der Waals surface area contributed by atoms with Crippen LogP contribution in [-0.4, -0.2) is 41.3 Å². The number of ether oxygens (including phenoxy) is 2. The summed E-state index contributed by atoms with van der Waals surface area (Å²) < 4.78 is 12.6. The number of imidazole rings is 1. The Balaban J connectivity index is 1.79. The molecule has 0 saturated carbocycles. The number of amidine groups is 1. The molecule has 0 unspecified atom stereocenters. The van der Waals surface area contributed by atoms with Crippen molar-refractivity contribution >= 4 is 28.1 Å². The van der Waals surface area contributed by atoms with E-state index in [0.29, 0.717) is 28.6 Å². The van der Waals surface area contributed by atoms with Crippen LogP contribution in [0, 0.1) is 5.41 Å². The highest BCUT2D eigenvalue weighted by atomic mass is 16.5. The number of methoxy groups -OCH3 is 2. The number of hydrogen-bond donors (Lipinski definition) is 2. The quantitative estimate of drug-likeness (QED) is 0.742. The second-order valence-corrected chi connectivity index (χ2v) is 6.28. The summed E-state index contributed by atoms with van der Waals surface area (Å²) in [5, 5.41) is 19.4. The number of anilines is 1. The number of aliphatic hydroxyl groups is 1. The third kappa shape index (κ3) is 2.59. The largest absolute Gasteiger partial charge is 0.509 e. The third-order valence-electron chi connectivity index (χ3n) is 4.79. The predicted octanol–water partition coefficient (Wildman–Crippen LogP) is 3.36. The first-order valence-electron chi connectivity index (χ1n) is 8.47. The molecule has 1 aliphatic rings. The van der Waals surface area contributed by atoms with Gasteiger partial charge in [0.05, 0.1) is 43.1 Å². The van der Waals surface area contributed by atoms with Crippen LogP contribution in [-0.2, 0) is 7.05 Å². The van der Waals surface area contributed by atoms with Gasteiger partial charge in [0.2, 0.25) is 0 Å². The van der Waals surface area contributed by atoms with Crippen LogP contribution in [0.3, 0.4) is 0 Å². The SMILES string of the molecule is COc1ccc(OC)c(N2CC(O)=C(c3nc4ccccc4n3C)C2=N)c1. The highest BCUT2D eigenvalue weighted by Crippen LogP contribution is 2.38. The number of aromatic nitrogens is 2. The van der Waals surface area contributed by atoms with Crippen LogP contribution >= 0.6 is 0 Å². The molecule has 1 aliphatic heterocycles. The molecule has 0 atom stereocenters. The maximum absolute atomic E-state index is 10.7. The smallest absolute Gasteiger partial charge is 0.148 e. The highest BCUT2D eigenvalue weighted by Gasteiger charge is 2.33. The van der Waals surface area contributed by atoms with Crippen LogP contribution in [0.15, 0.2) is 48.2 Å². The Morgan fingerprint density at radius 1 is 1.11 bits per heavy atom. The molecule has 4 rings (SSSR count). The number of nitrogens with one attached hydrogen (secondary N) is 1. The molecule has 0 spiro atoms. The van der Waals surface area contributed by atoms with Gasteiger partial charge in [0.25, 0.3) is 0 Å².